The average Bonchev–Trinajstić information content (AvgIpc) is 2.81. The number of thiophene rings is 1. The molecule has 1 N–H and O–H groups in total. The fourth-order valence-electron chi connectivity index (χ4n) is 3.22. The Morgan fingerprint density at radius 1 is 1.14 bits per heavy atom. The first-order valence-corrected chi connectivity index (χ1v) is 11.1. The van der Waals surface area contributed by atoms with Gasteiger partial charge in [0.25, 0.3) is 0 Å². The highest BCUT2D eigenvalue weighted by Gasteiger charge is 2.26. The normalized spacial score (nSPS) is 14.0. The highest BCUT2D eigenvalue weighted by molar-refractivity contribution is 9.10. The third-order valence-electron chi connectivity index (χ3n) is 4.50. The number of fused-ring (bicyclic) bond motifs is 1. The highest BCUT2D eigenvalue weighted by Crippen LogP contribution is 2.38. The first-order chi connectivity index (χ1) is 13.4. The second-order valence-corrected chi connectivity index (χ2v) is 9.12. The van der Waals surface area contributed by atoms with Crippen LogP contribution in [0.15, 0.2) is 34.8 Å². The quantitative estimate of drug-likeness (QED) is 0.337. The average molecular weight is 462 g/mol. The molecule has 1 aromatic carbocycles. The summed E-state index contributed by atoms with van der Waals surface area (Å²) >= 11 is 4.91. The Hall–Kier alpha value is -1.92. The number of ether oxygens (including phenoxy) is 1. The SMILES string of the molecule is CC(C)OC(=O)c1c(NC(=O)/C=C\c2ccc(Br)cc2)sc2c1CCCCC2. The maximum absolute atomic E-state index is 12.7. The number of anilines is 1. The van der Waals surface area contributed by atoms with Crippen molar-refractivity contribution in [2.24, 2.45) is 0 Å². The summed E-state index contributed by atoms with van der Waals surface area (Å²) < 4.78 is 6.45. The van der Waals surface area contributed by atoms with E-state index in [0.29, 0.717) is 10.6 Å². The summed E-state index contributed by atoms with van der Waals surface area (Å²) in [6.45, 7) is 3.67. The van der Waals surface area contributed by atoms with Crippen LogP contribution in [0.1, 0.15) is 59.5 Å². The van der Waals surface area contributed by atoms with Gasteiger partial charge in [-0.1, -0.05) is 34.5 Å². The summed E-state index contributed by atoms with van der Waals surface area (Å²) in [5, 5.41) is 3.51. The Morgan fingerprint density at radius 2 is 1.86 bits per heavy atom. The molecule has 0 radical (unpaired) electrons. The Kier molecular flexibility index (Phi) is 7.08. The van der Waals surface area contributed by atoms with Crippen molar-refractivity contribution in [1.29, 1.82) is 0 Å². The molecule has 1 aliphatic carbocycles. The van der Waals surface area contributed by atoms with Crippen LogP contribution in [-0.2, 0) is 22.4 Å². The molecule has 0 spiro atoms. The predicted octanol–water partition coefficient (Wildman–Crippen LogP) is 6.00. The van der Waals surface area contributed by atoms with E-state index in [1.54, 1.807) is 6.08 Å². The Bertz CT molecular complexity index is 884. The van der Waals surface area contributed by atoms with Crippen LogP contribution in [0.25, 0.3) is 6.08 Å². The third kappa shape index (κ3) is 5.32. The van der Waals surface area contributed by atoms with Crippen molar-refractivity contribution >= 4 is 50.2 Å². The molecule has 0 atom stereocenters. The molecule has 148 valence electrons. The molecule has 1 heterocycles. The van der Waals surface area contributed by atoms with E-state index in [-0.39, 0.29) is 18.0 Å². The monoisotopic (exact) mass is 461 g/mol. The van der Waals surface area contributed by atoms with Gasteiger partial charge >= 0.3 is 5.97 Å². The number of aryl methyl sites for hydroxylation is 1. The number of benzene rings is 1. The lowest BCUT2D eigenvalue weighted by Crippen LogP contribution is -2.16. The number of hydrogen-bond donors (Lipinski definition) is 1. The number of carbonyl (C=O) groups is 2. The summed E-state index contributed by atoms with van der Waals surface area (Å²) in [6, 6.07) is 7.70. The second-order valence-electron chi connectivity index (χ2n) is 7.10. The molecule has 0 saturated carbocycles. The Morgan fingerprint density at radius 3 is 2.57 bits per heavy atom. The van der Waals surface area contributed by atoms with Crippen molar-refractivity contribution in [2.75, 3.05) is 5.32 Å². The van der Waals surface area contributed by atoms with Gasteiger partial charge in [-0.3, -0.25) is 4.79 Å². The summed E-state index contributed by atoms with van der Waals surface area (Å²) in [6.07, 6.45) is 8.20. The van der Waals surface area contributed by atoms with Gasteiger partial charge in [0, 0.05) is 15.4 Å². The largest absolute Gasteiger partial charge is 0.459 e. The summed E-state index contributed by atoms with van der Waals surface area (Å²) in [4.78, 5) is 26.4. The smallest absolute Gasteiger partial charge is 0.341 e. The van der Waals surface area contributed by atoms with E-state index in [9.17, 15) is 9.59 Å². The summed E-state index contributed by atoms with van der Waals surface area (Å²) in [5.41, 5.74) is 2.53. The van der Waals surface area contributed by atoms with Crippen LogP contribution in [0.5, 0.6) is 0 Å². The van der Waals surface area contributed by atoms with Crippen LogP contribution >= 0.6 is 27.3 Å². The number of hydrogen-bond acceptors (Lipinski definition) is 4. The minimum Gasteiger partial charge on any atom is -0.459 e. The van der Waals surface area contributed by atoms with E-state index in [1.807, 2.05) is 38.1 Å². The van der Waals surface area contributed by atoms with Crippen molar-refractivity contribution in [3.63, 3.8) is 0 Å². The molecule has 4 nitrogen and oxygen atoms in total. The number of carbonyl (C=O) groups excluding carboxylic acids is 2. The minimum atomic E-state index is -0.346. The minimum absolute atomic E-state index is 0.199. The molecule has 0 fully saturated rings. The van der Waals surface area contributed by atoms with E-state index in [4.69, 9.17) is 4.74 Å². The zero-order chi connectivity index (χ0) is 20.1. The third-order valence-corrected chi connectivity index (χ3v) is 6.24. The second kappa shape index (κ2) is 9.52. The van der Waals surface area contributed by atoms with Crippen molar-refractivity contribution in [3.05, 3.63) is 56.4 Å². The molecule has 6 heteroatoms. The predicted molar refractivity (Wildman–Crippen MR) is 118 cm³/mol. The van der Waals surface area contributed by atoms with Crippen LogP contribution < -0.4 is 5.32 Å². The fraction of sp³-hybridized carbons (Fsp3) is 0.364. The lowest BCUT2D eigenvalue weighted by atomic mass is 10.1. The lowest BCUT2D eigenvalue weighted by molar-refractivity contribution is -0.111. The van der Waals surface area contributed by atoms with Gasteiger partial charge in [0.2, 0.25) is 5.91 Å². The molecule has 1 amide bonds. The zero-order valence-corrected chi connectivity index (χ0v) is 18.5. The molecule has 2 aromatic rings. The molecule has 1 aromatic heterocycles. The van der Waals surface area contributed by atoms with E-state index in [1.165, 1.54) is 22.3 Å². The lowest BCUT2D eigenvalue weighted by Gasteiger charge is -2.11. The van der Waals surface area contributed by atoms with Gasteiger partial charge in [0.15, 0.2) is 0 Å². The van der Waals surface area contributed by atoms with Crippen molar-refractivity contribution in [3.8, 4) is 0 Å². The van der Waals surface area contributed by atoms with E-state index < -0.39 is 0 Å². The highest BCUT2D eigenvalue weighted by atomic mass is 79.9. The van der Waals surface area contributed by atoms with Gasteiger partial charge in [-0.05, 0) is 68.9 Å². The summed E-state index contributed by atoms with van der Waals surface area (Å²) in [5.74, 6) is -0.598. The standard InChI is InChI=1S/C22H24BrNO3S/c1-14(2)27-22(26)20-17-6-4-3-5-7-18(17)28-21(20)24-19(25)13-10-15-8-11-16(23)12-9-15/h8-14H,3-7H2,1-2H3,(H,24,25)/b13-10-. The number of halogens is 1. The fourth-order valence-corrected chi connectivity index (χ4v) is 4.76. The number of esters is 1. The first kappa shape index (κ1) is 20.8. The van der Waals surface area contributed by atoms with Gasteiger partial charge in [-0.2, -0.15) is 0 Å². The Labute approximate surface area is 178 Å². The van der Waals surface area contributed by atoms with Crippen molar-refractivity contribution < 1.29 is 14.3 Å². The van der Waals surface area contributed by atoms with E-state index >= 15 is 0 Å². The van der Waals surface area contributed by atoms with Crippen LogP contribution in [0, 0.1) is 0 Å². The number of rotatable bonds is 5. The van der Waals surface area contributed by atoms with Crippen molar-refractivity contribution in [2.45, 2.75) is 52.1 Å². The molecule has 0 saturated heterocycles. The molecular weight excluding hydrogens is 438 g/mol. The first-order valence-electron chi connectivity index (χ1n) is 9.54. The Balaban J connectivity index is 1.82. The van der Waals surface area contributed by atoms with Gasteiger partial charge in [-0.15, -0.1) is 11.3 Å². The van der Waals surface area contributed by atoms with Crippen LogP contribution in [0.3, 0.4) is 0 Å². The van der Waals surface area contributed by atoms with E-state index in [0.717, 1.165) is 47.7 Å². The molecule has 1 aliphatic rings. The van der Waals surface area contributed by atoms with Gasteiger partial charge in [0.05, 0.1) is 11.7 Å². The van der Waals surface area contributed by atoms with Gasteiger partial charge in [-0.25, -0.2) is 4.79 Å². The molecule has 3 rings (SSSR count). The number of nitrogens with one attached hydrogen (secondary N) is 1. The number of amides is 1. The van der Waals surface area contributed by atoms with E-state index in [2.05, 4.69) is 21.2 Å². The topological polar surface area (TPSA) is 55.4 Å². The van der Waals surface area contributed by atoms with Gasteiger partial charge in [0.1, 0.15) is 5.00 Å². The van der Waals surface area contributed by atoms with Crippen molar-refractivity contribution in [1.82, 2.24) is 0 Å². The molecular formula is C22H24BrNO3S. The molecule has 28 heavy (non-hydrogen) atoms. The zero-order valence-electron chi connectivity index (χ0n) is 16.1. The van der Waals surface area contributed by atoms with Crippen LogP contribution in [0.4, 0.5) is 5.00 Å². The summed E-state index contributed by atoms with van der Waals surface area (Å²) in [7, 11) is 0. The van der Waals surface area contributed by atoms with Crippen LogP contribution in [0.2, 0.25) is 0 Å². The maximum Gasteiger partial charge on any atom is 0.341 e. The molecule has 0 aliphatic heterocycles. The maximum atomic E-state index is 12.7. The van der Waals surface area contributed by atoms with Crippen LogP contribution in [-0.4, -0.2) is 18.0 Å². The molecule has 0 bridgehead atoms. The van der Waals surface area contributed by atoms with Gasteiger partial charge < -0.3 is 10.1 Å². The molecule has 0 unspecified atom stereocenters.